The Hall–Kier alpha value is -0.940. The molecular weight excluding hydrogens is 458 g/mol. The third kappa shape index (κ3) is 28.1. The summed E-state index contributed by atoms with van der Waals surface area (Å²) < 4.78 is 0. The van der Waals surface area contributed by atoms with Crippen LogP contribution in [0, 0.1) is 0 Å². The molecule has 38 heavy (non-hydrogen) atoms. The first-order valence-electron chi connectivity index (χ1n) is 17.6. The average molecular weight is 530 g/mol. The van der Waals surface area contributed by atoms with Crippen molar-refractivity contribution in [1.29, 1.82) is 0 Å². The third-order valence-corrected chi connectivity index (χ3v) is 8.18. The zero-order chi connectivity index (χ0) is 27.8. The van der Waals surface area contributed by atoms with E-state index in [9.17, 15) is 0 Å². The molecule has 0 aromatic rings. The highest BCUT2D eigenvalue weighted by molar-refractivity contribution is 5.00. The Morgan fingerprint density at radius 3 is 1.34 bits per heavy atom. The second-order valence-electron chi connectivity index (χ2n) is 11.9. The maximum absolute atomic E-state index is 3.96. The molecular formula is C37H71N. The molecule has 1 N–H and O–H groups in total. The predicted octanol–water partition coefficient (Wildman–Crippen LogP) is 13.2. The van der Waals surface area contributed by atoms with Gasteiger partial charge in [0.25, 0.3) is 0 Å². The number of hydrogen-bond donors (Lipinski definition) is 1. The van der Waals surface area contributed by atoms with Crippen molar-refractivity contribution in [1.82, 2.24) is 5.32 Å². The molecule has 0 saturated carbocycles. The summed E-state index contributed by atoms with van der Waals surface area (Å²) in [5, 5.41) is 3.74. The molecule has 1 atom stereocenters. The summed E-state index contributed by atoms with van der Waals surface area (Å²) in [6.07, 6.45) is 43.5. The van der Waals surface area contributed by atoms with Gasteiger partial charge in [0.1, 0.15) is 0 Å². The monoisotopic (exact) mass is 530 g/mol. The number of hydrogen-bond acceptors (Lipinski definition) is 1. The van der Waals surface area contributed by atoms with Crippen LogP contribution in [-0.2, 0) is 0 Å². The summed E-state index contributed by atoms with van der Waals surface area (Å²) in [6.45, 7) is 10.8. The van der Waals surface area contributed by atoms with Crippen LogP contribution in [0.25, 0.3) is 0 Å². The van der Waals surface area contributed by atoms with E-state index in [0.29, 0.717) is 6.04 Å². The number of allylic oxidation sites excluding steroid dienone is 2. The number of nitrogens with one attached hydrogen (secondary N) is 1. The maximum atomic E-state index is 3.96. The zero-order valence-electron chi connectivity index (χ0n) is 26.7. The van der Waals surface area contributed by atoms with Crippen molar-refractivity contribution in [3.8, 4) is 0 Å². The molecule has 0 unspecified atom stereocenters. The van der Waals surface area contributed by atoms with Gasteiger partial charge >= 0.3 is 0 Å². The minimum Gasteiger partial charge on any atom is -0.379 e. The lowest BCUT2D eigenvalue weighted by Crippen LogP contribution is -2.27. The van der Waals surface area contributed by atoms with Crippen LogP contribution in [0.4, 0.5) is 0 Å². The van der Waals surface area contributed by atoms with E-state index >= 15 is 0 Å². The summed E-state index contributed by atoms with van der Waals surface area (Å²) >= 11 is 0. The topological polar surface area (TPSA) is 12.0 Å². The summed E-state index contributed by atoms with van der Waals surface area (Å²) in [5.41, 5.74) is 4.43. The van der Waals surface area contributed by atoms with Crippen molar-refractivity contribution in [2.24, 2.45) is 0 Å². The van der Waals surface area contributed by atoms with E-state index in [1.807, 2.05) is 0 Å². The van der Waals surface area contributed by atoms with Crippen molar-refractivity contribution in [3.05, 3.63) is 30.2 Å². The molecule has 0 aliphatic carbocycles. The van der Waals surface area contributed by atoms with Crippen LogP contribution in [0.3, 0.4) is 0 Å². The molecule has 0 aromatic carbocycles. The first kappa shape index (κ1) is 37.1. The van der Waals surface area contributed by atoms with Gasteiger partial charge in [-0.15, -0.1) is 5.73 Å². The molecule has 0 aliphatic heterocycles. The van der Waals surface area contributed by atoms with Crippen LogP contribution in [0.2, 0.25) is 0 Å². The quantitative estimate of drug-likeness (QED) is 0.0535. The largest absolute Gasteiger partial charge is 0.379 e. The van der Waals surface area contributed by atoms with Gasteiger partial charge in [-0.2, -0.15) is 0 Å². The molecule has 0 fully saturated rings. The summed E-state index contributed by atoms with van der Waals surface area (Å²) in [7, 11) is 0. The van der Waals surface area contributed by atoms with E-state index < -0.39 is 0 Å². The van der Waals surface area contributed by atoms with Gasteiger partial charge < -0.3 is 5.32 Å². The molecule has 0 aromatic heterocycles. The molecule has 1 heteroatoms. The molecule has 0 radical (unpaired) electrons. The predicted molar refractivity (Wildman–Crippen MR) is 175 cm³/mol. The standard InChI is InChI=1S/C37H71N/c1-5-9-11-13-15-17-19-21-23-25-27-29-31-33-35-37(8-4)38-36(7-3)34-32-30-28-26-24-22-20-18-16-14-12-10-6-2/h31,33,37-38H,3,5-6,8-30,32,34-35H2,1-2,4H3/b33-31+/t37-/m0/s1. The van der Waals surface area contributed by atoms with E-state index in [0.717, 1.165) is 19.3 Å². The van der Waals surface area contributed by atoms with Gasteiger partial charge in [0.2, 0.25) is 0 Å². The zero-order valence-corrected chi connectivity index (χ0v) is 26.7. The Balaban J connectivity index is 3.63. The fraction of sp³-hybridized carbons (Fsp3) is 0.865. The lowest BCUT2D eigenvalue weighted by Gasteiger charge is -2.18. The smallest absolute Gasteiger partial charge is 0.0534 e. The Kier molecular flexibility index (Phi) is 31.5. The number of unbranched alkanes of at least 4 members (excludes halogenated alkanes) is 23. The first-order chi connectivity index (χ1) is 18.8. The normalized spacial score (nSPS) is 12.2. The molecule has 224 valence electrons. The van der Waals surface area contributed by atoms with Crippen molar-refractivity contribution < 1.29 is 0 Å². The SMILES string of the molecule is C=C=C(CCCCCCCCCCCCCCC)N[C@@H](CC)C/C=C/CCCCCCCCCCCCC. The fourth-order valence-corrected chi connectivity index (χ4v) is 5.41. The molecule has 1 nitrogen and oxygen atoms in total. The van der Waals surface area contributed by atoms with Gasteiger partial charge in [0.05, 0.1) is 5.70 Å². The third-order valence-electron chi connectivity index (χ3n) is 8.18. The highest BCUT2D eigenvalue weighted by Gasteiger charge is 2.06. The first-order valence-corrected chi connectivity index (χ1v) is 17.6. The lowest BCUT2D eigenvalue weighted by molar-refractivity contribution is 0.520. The molecule has 0 amide bonds. The van der Waals surface area contributed by atoms with E-state index in [-0.39, 0.29) is 0 Å². The van der Waals surface area contributed by atoms with Crippen LogP contribution in [0.15, 0.2) is 30.2 Å². The van der Waals surface area contributed by atoms with Crippen LogP contribution in [-0.4, -0.2) is 6.04 Å². The summed E-state index contributed by atoms with van der Waals surface area (Å²) in [5.74, 6) is 0. The van der Waals surface area contributed by atoms with Gasteiger partial charge in [0, 0.05) is 6.04 Å². The molecule has 0 aliphatic rings. The second-order valence-corrected chi connectivity index (χ2v) is 11.9. The molecule has 0 saturated heterocycles. The van der Waals surface area contributed by atoms with Gasteiger partial charge in [-0.25, -0.2) is 0 Å². The van der Waals surface area contributed by atoms with Crippen molar-refractivity contribution in [2.75, 3.05) is 0 Å². The van der Waals surface area contributed by atoms with Crippen LogP contribution >= 0.6 is 0 Å². The Morgan fingerprint density at radius 2 is 0.947 bits per heavy atom. The minimum absolute atomic E-state index is 0.523. The summed E-state index contributed by atoms with van der Waals surface area (Å²) in [4.78, 5) is 0. The van der Waals surface area contributed by atoms with Gasteiger partial charge in [-0.1, -0.05) is 181 Å². The molecule has 0 heterocycles. The van der Waals surface area contributed by atoms with E-state index in [1.54, 1.807) is 0 Å². The highest BCUT2D eigenvalue weighted by atomic mass is 14.9. The van der Waals surface area contributed by atoms with Crippen LogP contribution in [0.5, 0.6) is 0 Å². The Morgan fingerprint density at radius 1 is 0.553 bits per heavy atom. The van der Waals surface area contributed by atoms with E-state index in [1.165, 1.54) is 166 Å². The average Bonchev–Trinajstić information content (AvgIpc) is 2.94. The van der Waals surface area contributed by atoms with Crippen LogP contribution in [0.1, 0.15) is 201 Å². The van der Waals surface area contributed by atoms with Gasteiger partial charge in [-0.05, 0) is 38.5 Å². The molecule has 0 spiro atoms. The summed E-state index contributed by atoms with van der Waals surface area (Å²) in [6, 6.07) is 0.523. The molecule has 0 rings (SSSR count). The van der Waals surface area contributed by atoms with E-state index in [4.69, 9.17) is 0 Å². The molecule has 0 bridgehead atoms. The Labute approximate surface area is 241 Å². The van der Waals surface area contributed by atoms with Gasteiger partial charge in [-0.3, -0.25) is 0 Å². The van der Waals surface area contributed by atoms with Crippen molar-refractivity contribution >= 4 is 0 Å². The second kappa shape index (κ2) is 32.3. The van der Waals surface area contributed by atoms with Crippen molar-refractivity contribution in [3.63, 3.8) is 0 Å². The van der Waals surface area contributed by atoms with Crippen molar-refractivity contribution in [2.45, 2.75) is 207 Å². The minimum atomic E-state index is 0.523. The number of rotatable bonds is 31. The van der Waals surface area contributed by atoms with Gasteiger partial charge in [0.15, 0.2) is 0 Å². The Bertz CT molecular complexity index is 527. The lowest BCUT2D eigenvalue weighted by atomic mass is 10.0. The van der Waals surface area contributed by atoms with E-state index in [2.05, 4.69) is 50.6 Å². The highest BCUT2D eigenvalue weighted by Crippen LogP contribution is 2.15. The van der Waals surface area contributed by atoms with Crippen LogP contribution < -0.4 is 5.32 Å². The fourth-order valence-electron chi connectivity index (χ4n) is 5.41. The maximum Gasteiger partial charge on any atom is 0.0534 e.